The normalized spacial score (nSPS) is 11.6. The highest BCUT2D eigenvalue weighted by atomic mass is 15.1. The van der Waals surface area contributed by atoms with Gasteiger partial charge in [-0.1, -0.05) is 182 Å². The Bertz CT molecular complexity index is 3030. The lowest BCUT2D eigenvalue weighted by Crippen LogP contribution is -2.09. The van der Waals surface area contributed by atoms with Gasteiger partial charge in [0.05, 0.1) is 0 Å². The van der Waals surface area contributed by atoms with Crippen LogP contribution >= 0.6 is 0 Å². The van der Waals surface area contributed by atoms with Crippen LogP contribution in [0.3, 0.4) is 0 Å². The van der Waals surface area contributed by atoms with Crippen molar-refractivity contribution >= 4 is 27.8 Å². The van der Waals surface area contributed by atoms with E-state index in [1.54, 1.807) is 0 Å². The monoisotopic (exact) mass is 763 g/mol. The van der Waals surface area contributed by atoms with Crippen molar-refractivity contribution in [2.45, 2.75) is 6.42 Å². The van der Waals surface area contributed by atoms with Crippen molar-refractivity contribution in [3.63, 3.8) is 0 Å². The van der Waals surface area contributed by atoms with Crippen molar-refractivity contribution in [2.24, 2.45) is 0 Å². The highest BCUT2D eigenvalue weighted by Crippen LogP contribution is 2.46. The lowest BCUT2D eigenvalue weighted by atomic mass is 9.90. The van der Waals surface area contributed by atoms with Gasteiger partial charge in [0.25, 0.3) is 0 Å². The van der Waals surface area contributed by atoms with E-state index in [-0.39, 0.29) is 0 Å². The van der Waals surface area contributed by atoms with E-state index in [1.165, 1.54) is 88.7 Å². The number of rotatable bonds is 8. The van der Waals surface area contributed by atoms with Crippen LogP contribution in [0.5, 0.6) is 0 Å². The molecule has 0 unspecified atom stereocenters. The molecule has 0 bridgehead atoms. The Morgan fingerprint density at radius 1 is 0.250 bits per heavy atom. The lowest BCUT2D eigenvalue weighted by molar-refractivity contribution is 1.28. The van der Waals surface area contributed by atoms with Gasteiger partial charge in [-0.2, -0.15) is 0 Å². The molecular weight excluding hydrogens is 723 g/mol. The van der Waals surface area contributed by atoms with Crippen LogP contribution in [-0.2, 0) is 6.42 Å². The highest BCUT2D eigenvalue weighted by molar-refractivity contribution is 6.05. The van der Waals surface area contributed by atoms with E-state index >= 15 is 0 Å². The lowest BCUT2D eigenvalue weighted by Gasteiger charge is -2.26. The Hall–Kier alpha value is -7.74. The van der Waals surface area contributed by atoms with E-state index in [2.05, 4.69) is 241 Å². The van der Waals surface area contributed by atoms with Gasteiger partial charge >= 0.3 is 0 Å². The van der Waals surface area contributed by atoms with E-state index < -0.39 is 0 Å². The molecule has 282 valence electrons. The standard InChI is InChI=1S/C59H41N/c1-4-13-41(14-5-1)44-25-31-51(32-26-44)60(52-33-27-45(28-34-52)42-15-6-2-7-16-42)53-35-29-46(30-36-53)57-40-59-56-38-49(48-20-12-19-47(37-48)43-17-8-3-9-18-43)23-24-50(56)39-58(59)55-22-11-10-21-54(55)57/h1-38,40H,39H2. The van der Waals surface area contributed by atoms with Crippen molar-refractivity contribution < 1.29 is 0 Å². The van der Waals surface area contributed by atoms with Crippen LogP contribution in [0.2, 0.25) is 0 Å². The molecular formula is C59H41N. The van der Waals surface area contributed by atoms with Crippen molar-refractivity contribution in [1.82, 2.24) is 0 Å². The van der Waals surface area contributed by atoms with Crippen molar-refractivity contribution in [1.29, 1.82) is 0 Å². The smallest absolute Gasteiger partial charge is 0.0462 e. The Balaban J connectivity index is 0.977. The SMILES string of the molecule is c1ccc(-c2ccc(N(c3ccc(-c4ccccc4)cc3)c3ccc(-c4cc5c(c6ccccc46)Cc4ccc(-c6cccc(-c7ccccc7)c6)cc4-5)cc3)cc2)cc1. The van der Waals surface area contributed by atoms with Gasteiger partial charge in [0.1, 0.15) is 0 Å². The van der Waals surface area contributed by atoms with Gasteiger partial charge in [0, 0.05) is 17.1 Å². The van der Waals surface area contributed by atoms with Crippen LogP contribution in [0.25, 0.3) is 77.5 Å². The average molecular weight is 764 g/mol. The van der Waals surface area contributed by atoms with Crippen LogP contribution in [0.15, 0.2) is 237 Å². The second-order valence-corrected chi connectivity index (χ2v) is 15.7. The number of nitrogens with zero attached hydrogens (tertiary/aromatic N) is 1. The zero-order valence-electron chi connectivity index (χ0n) is 33.2. The van der Waals surface area contributed by atoms with E-state index in [4.69, 9.17) is 0 Å². The first kappa shape index (κ1) is 35.4. The highest BCUT2D eigenvalue weighted by Gasteiger charge is 2.24. The topological polar surface area (TPSA) is 3.24 Å². The summed E-state index contributed by atoms with van der Waals surface area (Å²) in [7, 11) is 0. The van der Waals surface area contributed by atoms with Gasteiger partial charge in [-0.05, 0) is 150 Å². The molecule has 0 amide bonds. The summed E-state index contributed by atoms with van der Waals surface area (Å²) < 4.78 is 0. The van der Waals surface area contributed by atoms with Gasteiger partial charge in [0.15, 0.2) is 0 Å². The maximum absolute atomic E-state index is 2.45. The molecule has 0 saturated heterocycles. The Morgan fingerprint density at radius 2 is 0.650 bits per heavy atom. The molecule has 0 spiro atoms. The Kier molecular flexibility index (Phi) is 8.98. The number of anilines is 3. The first-order valence-electron chi connectivity index (χ1n) is 20.8. The van der Waals surface area contributed by atoms with E-state index in [0.717, 1.165) is 23.5 Å². The second-order valence-electron chi connectivity index (χ2n) is 15.7. The Morgan fingerprint density at radius 3 is 1.20 bits per heavy atom. The van der Waals surface area contributed by atoms with E-state index in [9.17, 15) is 0 Å². The fourth-order valence-corrected chi connectivity index (χ4v) is 9.07. The van der Waals surface area contributed by atoms with Crippen molar-refractivity contribution in [2.75, 3.05) is 4.90 Å². The van der Waals surface area contributed by atoms with Gasteiger partial charge < -0.3 is 4.90 Å². The Labute approximate surface area is 352 Å². The second kappa shape index (κ2) is 15.2. The third-order valence-electron chi connectivity index (χ3n) is 12.1. The summed E-state index contributed by atoms with van der Waals surface area (Å²) in [4.78, 5) is 2.36. The summed E-state index contributed by atoms with van der Waals surface area (Å²) in [6.45, 7) is 0. The van der Waals surface area contributed by atoms with E-state index in [1.807, 2.05) is 0 Å². The number of fused-ring (bicyclic) bond motifs is 5. The molecule has 0 heterocycles. The fourth-order valence-electron chi connectivity index (χ4n) is 9.07. The number of hydrogen-bond donors (Lipinski definition) is 0. The van der Waals surface area contributed by atoms with Gasteiger partial charge in [0.2, 0.25) is 0 Å². The maximum atomic E-state index is 2.45. The molecule has 11 rings (SSSR count). The molecule has 0 atom stereocenters. The molecule has 0 saturated carbocycles. The van der Waals surface area contributed by atoms with Crippen molar-refractivity contribution in [3.05, 3.63) is 248 Å². The molecule has 0 aromatic heterocycles. The molecule has 1 aliphatic carbocycles. The summed E-state index contributed by atoms with van der Waals surface area (Å²) in [5, 5.41) is 2.62. The molecule has 1 aliphatic rings. The molecule has 0 fully saturated rings. The molecule has 1 nitrogen and oxygen atoms in total. The van der Waals surface area contributed by atoms with Gasteiger partial charge in [-0.25, -0.2) is 0 Å². The molecule has 0 radical (unpaired) electrons. The van der Waals surface area contributed by atoms with Crippen LogP contribution in [0, 0.1) is 0 Å². The number of benzene rings is 10. The van der Waals surface area contributed by atoms with Gasteiger partial charge in [-0.3, -0.25) is 0 Å². The summed E-state index contributed by atoms with van der Waals surface area (Å²) in [5.74, 6) is 0. The first-order valence-corrected chi connectivity index (χ1v) is 20.8. The molecule has 0 N–H and O–H groups in total. The third-order valence-corrected chi connectivity index (χ3v) is 12.1. The fraction of sp³-hybridized carbons (Fsp3) is 0.0169. The minimum absolute atomic E-state index is 0.940. The quantitative estimate of drug-likeness (QED) is 0.149. The zero-order chi connectivity index (χ0) is 39.8. The summed E-state index contributed by atoms with van der Waals surface area (Å²) in [5.41, 5.74) is 21.0. The third kappa shape index (κ3) is 6.57. The van der Waals surface area contributed by atoms with Crippen LogP contribution < -0.4 is 4.90 Å². The molecule has 1 heteroatoms. The molecule has 10 aromatic rings. The van der Waals surface area contributed by atoms with Crippen molar-refractivity contribution in [3.8, 4) is 66.8 Å². The predicted molar refractivity (Wildman–Crippen MR) is 254 cm³/mol. The van der Waals surface area contributed by atoms with Crippen LogP contribution in [-0.4, -0.2) is 0 Å². The largest absolute Gasteiger partial charge is 0.311 e. The predicted octanol–water partition coefficient (Wildman–Crippen LogP) is 16.2. The van der Waals surface area contributed by atoms with Crippen LogP contribution in [0.1, 0.15) is 11.1 Å². The minimum Gasteiger partial charge on any atom is -0.311 e. The zero-order valence-corrected chi connectivity index (χ0v) is 33.2. The maximum Gasteiger partial charge on any atom is 0.0462 e. The molecule has 10 aromatic carbocycles. The summed E-state index contributed by atoms with van der Waals surface area (Å²) in [6.07, 6.45) is 0.940. The average Bonchev–Trinajstić information content (AvgIpc) is 3.71. The van der Waals surface area contributed by atoms with Gasteiger partial charge in [-0.15, -0.1) is 0 Å². The van der Waals surface area contributed by atoms with Crippen LogP contribution in [0.4, 0.5) is 17.1 Å². The minimum atomic E-state index is 0.940. The molecule has 60 heavy (non-hydrogen) atoms. The molecule has 0 aliphatic heterocycles. The van der Waals surface area contributed by atoms with E-state index in [0.29, 0.717) is 0 Å². The summed E-state index contributed by atoms with van der Waals surface area (Å²) >= 11 is 0. The first-order chi connectivity index (χ1) is 29.7. The number of hydrogen-bond acceptors (Lipinski definition) is 1. The summed E-state index contributed by atoms with van der Waals surface area (Å²) in [6, 6.07) is 86.2.